The third-order valence-corrected chi connectivity index (χ3v) is 3.37. The van der Waals surface area contributed by atoms with Crippen LogP contribution in [0.5, 0.6) is 0 Å². The summed E-state index contributed by atoms with van der Waals surface area (Å²) in [5.41, 5.74) is 3.01. The molecule has 1 fully saturated rings. The lowest BCUT2D eigenvalue weighted by atomic mass is 10.0. The molecule has 0 radical (unpaired) electrons. The number of hydrogen-bond acceptors (Lipinski definition) is 3. The molecule has 1 aliphatic heterocycles. The minimum atomic E-state index is 0. The molecule has 4 heteroatoms. The van der Waals surface area contributed by atoms with Gasteiger partial charge in [0, 0.05) is 35.7 Å². The Balaban J connectivity index is 0. The van der Waals surface area contributed by atoms with Crippen LogP contribution in [0.2, 0.25) is 0 Å². The lowest BCUT2D eigenvalue weighted by molar-refractivity contribution is 0.0924. The van der Waals surface area contributed by atoms with E-state index in [1.807, 2.05) is 56.3 Å². The average Bonchev–Trinajstić information content (AvgIpc) is 2.61. The van der Waals surface area contributed by atoms with E-state index >= 15 is 0 Å². The summed E-state index contributed by atoms with van der Waals surface area (Å²) in [7, 11) is 3.25. The van der Waals surface area contributed by atoms with Crippen LogP contribution in [0.1, 0.15) is 27.1 Å². The van der Waals surface area contributed by atoms with Gasteiger partial charge in [0.1, 0.15) is 0 Å². The van der Waals surface area contributed by atoms with Crippen LogP contribution in [-0.2, 0) is 4.74 Å². The first-order chi connectivity index (χ1) is 11.7. The number of rotatable bonds is 3. The van der Waals surface area contributed by atoms with Gasteiger partial charge in [-0.3, -0.25) is 4.79 Å². The molecule has 0 aromatic heterocycles. The Morgan fingerprint density at radius 2 is 1.50 bits per heavy atom. The van der Waals surface area contributed by atoms with E-state index in [9.17, 15) is 4.79 Å². The predicted molar refractivity (Wildman–Crippen MR) is 105 cm³/mol. The van der Waals surface area contributed by atoms with Gasteiger partial charge in [0.05, 0.1) is 6.04 Å². The van der Waals surface area contributed by atoms with E-state index in [2.05, 4.69) is 27.5 Å². The molecule has 0 spiro atoms. The smallest absolute Gasteiger partial charge is 0.251 e. The number of hydrogen-bond donors (Lipinski definition) is 2. The van der Waals surface area contributed by atoms with Crippen molar-refractivity contribution in [1.82, 2.24) is 10.6 Å². The summed E-state index contributed by atoms with van der Waals surface area (Å²) in [4.78, 5) is 12.0. The summed E-state index contributed by atoms with van der Waals surface area (Å²) in [6.07, 6.45) is 0. The molecule has 2 aromatic rings. The van der Waals surface area contributed by atoms with Crippen molar-refractivity contribution >= 4 is 5.91 Å². The van der Waals surface area contributed by atoms with Gasteiger partial charge in [0.25, 0.3) is 5.91 Å². The molecule has 4 nitrogen and oxygen atoms in total. The van der Waals surface area contributed by atoms with E-state index in [0.29, 0.717) is 5.56 Å². The standard InChI is InChI=1S/C16H16N2O.C2H6O.C2H6.2H2/c19-16(18-15-10-17-11-15)14-8-6-13(7-9-14)12-4-2-1-3-5-12;1-3-2;1-2;;/h1-9,15,17H,10-11H2,(H,18,19);1-2H3;1-2H3;2*1H. The van der Waals surface area contributed by atoms with Gasteiger partial charge in [0.2, 0.25) is 0 Å². The summed E-state index contributed by atoms with van der Waals surface area (Å²) < 4.78 is 4.25. The highest BCUT2D eigenvalue weighted by Crippen LogP contribution is 2.19. The zero-order valence-corrected chi connectivity index (χ0v) is 15.0. The van der Waals surface area contributed by atoms with Crippen molar-refractivity contribution in [2.24, 2.45) is 0 Å². The number of carbonyl (C=O) groups is 1. The van der Waals surface area contributed by atoms with Crippen LogP contribution in [0.15, 0.2) is 54.6 Å². The first-order valence-corrected chi connectivity index (χ1v) is 8.31. The molecule has 1 saturated heterocycles. The van der Waals surface area contributed by atoms with Crippen LogP contribution in [-0.4, -0.2) is 39.3 Å². The molecule has 1 aliphatic rings. The number of amides is 1. The van der Waals surface area contributed by atoms with Crippen LogP contribution in [0.25, 0.3) is 11.1 Å². The lowest BCUT2D eigenvalue weighted by Gasteiger charge is -2.27. The molecule has 0 aliphatic carbocycles. The average molecular weight is 332 g/mol. The second-order valence-electron chi connectivity index (χ2n) is 5.18. The Kier molecular flexibility index (Phi) is 9.42. The van der Waals surface area contributed by atoms with E-state index in [1.54, 1.807) is 14.2 Å². The number of ether oxygens (including phenoxy) is 1. The van der Waals surface area contributed by atoms with E-state index < -0.39 is 0 Å². The first-order valence-electron chi connectivity index (χ1n) is 8.31. The van der Waals surface area contributed by atoms with Gasteiger partial charge < -0.3 is 15.4 Å². The molecule has 0 bridgehead atoms. The van der Waals surface area contributed by atoms with Crippen molar-refractivity contribution in [1.29, 1.82) is 0 Å². The lowest BCUT2D eigenvalue weighted by Crippen LogP contribution is -2.56. The van der Waals surface area contributed by atoms with Gasteiger partial charge in [-0.15, -0.1) is 0 Å². The third kappa shape index (κ3) is 6.14. The molecule has 0 atom stereocenters. The second kappa shape index (κ2) is 11.4. The van der Waals surface area contributed by atoms with Crippen LogP contribution in [0.3, 0.4) is 0 Å². The summed E-state index contributed by atoms with van der Waals surface area (Å²) in [5, 5.41) is 6.12. The molecule has 0 saturated carbocycles. The van der Waals surface area contributed by atoms with E-state index in [0.717, 1.165) is 24.2 Å². The fourth-order valence-electron chi connectivity index (χ4n) is 2.10. The Hall–Kier alpha value is -2.17. The van der Waals surface area contributed by atoms with Crippen molar-refractivity contribution in [2.45, 2.75) is 19.9 Å². The highest BCUT2D eigenvalue weighted by atomic mass is 16.4. The van der Waals surface area contributed by atoms with Crippen molar-refractivity contribution < 1.29 is 12.4 Å². The minimum Gasteiger partial charge on any atom is -0.388 e. The number of methoxy groups -OCH3 is 1. The maximum Gasteiger partial charge on any atom is 0.251 e. The number of benzene rings is 2. The topological polar surface area (TPSA) is 50.4 Å². The maximum atomic E-state index is 12.0. The van der Waals surface area contributed by atoms with Crippen molar-refractivity contribution in [3.8, 4) is 11.1 Å². The minimum absolute atomic E-state index is 0. The molecule has 3 rings (SSSR count). The number of nitrogens with one attached hydrogen (secondary N) is 2. The van der Waals surface area contributed by atoms with E-state index in [1.165, 1.54) is 0 Å². The molecule has 134 valence electrons. The molecular formula is C20H32N2O2. The fourth-order valence-corrected chi connectivity index (χ4v) is 2.10. The van der Waals surface area contributed by atoms with Crippen LogP contribution in [0.4, 0.5) is 0 Å². The van der Waals surface area contributed by atoms with Gasteiger partial charge in [-0.05, 0) is 23.3 Å². The third-order valence-electron chi connectivity index (χ3n) is 3.37. The van der Waals surface area contributed by atoms with Crippen LogP contribution in [0, 0.1) is 0 Å². The van der Waals surface area contributed by atoms with Gasteiger partial charge in [-0.2, -0.15) is 0 Å². The normalized spacial score (nSPS) is 12.7. The van der Waals surface area contributed by atoms with Gasteiger partial charge >= 0.3 is 0 Å². The summed E-state index contributed by atoms with van der Waals surface area (Å²) in [5.74, 6) is 0.00566. The largest absolute Gasteiger partial charge is 0.388 e. The molecule has 2 aromatic carbocycles. The monoisotopic (exact) mass is 332 g/mol. The predicted octanol–water partition coefficient (Wildman–Crippen LogP) is 3.84. The Morgan fingerprint density at radius 3 is 1.96 bits per heavy atom. The Bertz CT molecular complexity index is 589. The Labute approximate surface area is 148 Å². The van der Waals surface area contributed by atoms with Crippen molar-refractivity contribution in [3.63, 3.8) is 0 Å². The van der Waals surface area contributed by atoms with Crippen LogP contribution < -0.4 is 10.6 Å². The van der Waals surface area contributed by atoms with Crippen molar-refractivity contribution in [2.75, 3.05) is 27.3 Å². The SMILES string of the molecule is CC.COC.O=C(NC1CNC1)c1ccc(-c2ccccc2)cc1.[HH].[HH]. The molecular weight excluding hydrogens is 300 g/mol. The highest BCUT2D eigenvalue weighted by Gasteiger charge is 2.19. The van der Waals surface area contributed by atoms with Gasteiger partial charge in [0.15, 0.2) is 0 Å². The van der Waals surface area contributed by atoms with Gasteiger partial charge in [-0.25, -0.2) is 0 Å². The van der Waals surface area contributed by atoms with Crippen molar-refractivity contribution in [3.05, 3.63) is 60.2 Å². The van der Waals surface area contributed by atoms with E-state index in [-0.39, 0.29) is 14.8 Å². The van der Waals surface area contributed by atoms with E-state index in [4.69, 9.17) is 0 Å². The fraction of sp³-hybridized carbons (Fsp3) is 0.350. The summed E-state index contributed by atoms with van der Waals surface area (Å²) in [6.45, 7) is 5.74. The summed E-state index contributed by atoms with van der Waals surface area (Å²) in [6, 6.07) is 18.2. The first kappa shape index (κ1) is 19.9. The Morgan fingerprint density at radius 1 is 1.00 bits per heavy atom. The second-order valence-corrected chi connectivity index (χ2v) is 5.18. The molecule has 1 heterocycles. The molecule has 1 amide bonds. The number of carbonyl (C=O) groups excluding carboxylic acids is 1. The zero-order valence-electron chi connectivity index (χ0n) is 15.0. The van der Waals surface area contributed by atoms with Gasteiger partial charge in [-0.1, -0.05) is 56.3 Å². The van der Waals surface area contributed by atoms with Crippen LogP contribution >= 0.6 is 0 Å². The molecule has 0 unspecified atom stereocenters. The highest BCUT2D eigenvalue weighted by molar-refractivity contribution is 5.95. The maximum absolute atomic E-state index is 12.0. The zero-order chi connectivity index (χ0) is 17.8. The quantitative estimate of drug-likeness (QED) is 0.898. The molecule has 2 N–H and O–H groups in total. The summed E-state index contributed by atoms with van der Waals surface area (Å²) >= 11 is 0. The molecule has 24 heavy (non-hydrogen) atoms.